The molecule has 0 spiro atoms. The molecule has 0 saturated heterocycles. The van der Waals surface area contributed by atoms with Crippen LogP contribution in [0.5, 0.6) is 0 Å². The summed E-state index contributed by atoms with van der Waals surface area (Å²) < 4.78 is 3.33. The highest BCUT2D eigenvalue weighted by Gasteiger charge is 2.19. The van der Waals surface area contributed by atoms with Gasteiger partial charge in [-0.05, 0) is 25.5 Å². The number of amides is 2. The molecule has 0 radical (unpaired) electrons. The predicted molar refractivity (Wildman–Crippen MR) is 86.2 cm³/mol. The quantitative estimate of drug-likeness (QED) is 0.769. The van der Waals surface area contributed by atoms with Crippen LogP contribution in [-0.2, 0) is 7.05 Å². The van der Waals surface area contributed by atoms with E-state index in [1.807, 2.05) is 33.2 Å². The lowest BCUT2D eigenvalue weighted by molar-refractivity contribution is 0.259. The third kappa shape index (κ3) is 2.78. The number of hydrogen-bond acceptors (Lipinski definition) is 4. The summed E-state index contributed by atoms with van der Waals surface area (Å²) in [7, 11) is 1.84. The van der Waals surface area contributed by atoms with Crippen LogP contribution in [0.3, 0.4) is 0 Å². The molecule has 0 atom stereocenters. The molecule has 0 saturated carbocycles. The molecule has 8 nitrogen and oxygen atoms in total. The third-order valence-corrected chi connectivity index (χ3v) is 3.45. The molecule has 0 aliphatic carbocycles. The highest BCUT2D eigenvalue weighted by Crippen LogP contribution is 2.30. The van der Waals surface area contributed by atoms with Crippen LogP contribution >= 0.6 is 0 Å². The summed E-state index contributed by atoms with van der Waals surface area (Å²) in [5.41, 5.74) is 9.42. The van der Waals surface area contributed by atoms with E-state index in [2.05, 4.69) is 20.5 Å². The van der Waals surface area contributed by atoms with Gasteiger partial charge in [0.05, 0.1) is 18.1 Å². The van der Waals surface area contributed by atoms with Gasteiger partial charge in [0, 0.05) is 30.6 Å². The molecule has 118 valence electrons. The van der Waals surface area contributed by atoms with Crippen molar-refractivity contribution in [3.05, 3.63) is 42.0 Å². The Kier molecular flexibility index (Phi) is 3.57. The van der Waals surface area contributed by atoms with Gasteiger partial charge in [-0.2, -0.15) is 10.2 Å². The molecule has 0 unspecified atom stereocenters. The zero-order valence-electron chi connectivity index (χ0n) is 13.1. The summed E-state index contributed by atoms with van der Waals surface area (Å²) in [4.78, 5) is 15.5. The van der Waals surface area contributed by atoms with E-state index in [-0.39, 0.29) is 0 Å². The molecule has 0 aromatic carbocycles. The molecular formula is C15H17N7O. The van der Waals surface area contributed by atoms with Crippen LogP contribution in [0.4, 0.5) is 10.6 Å². The van der Waals surface area contributed by atoms with Crippen molar-refractivity contribution < 1.29 is 4.79 Å². The minimum Gasteiger partial charge on any atom is -0.351 e. The van der Waals surface area contributed by atoms with Crippen molar-refractivity contribution in [2.24, 2.45) is 12.8 Å². The second-order valence-corrected chi connectivity index (χ2v) is 5.35. The molecule has 23 heavy (non-hydrogen) atoms. The second kappa shape index (κ2) is 5.56. The maximum absolute atomic E-state index is 11.4. The number of hydrogen-bond donors (Lipinski definition) is 2. The molecule has 3 rings (SSSR count). The van der Waals surface area contributed by atoms with Crippen molar-refractivity contribution in [1.82, 2.24) is 24.5 Å². The SMILES string of the molecule is Cc1cncc(-n2nc(-c3cnn(C)c3)c(C)c2NC(N)=O)c1. The Morgan fingerprint density at radius 1 is 1.26 bits per heavy atom. The largest absolute Gasteiger partial charge is 0.351 e. The molecule has 2 amide bonds. The highest BCUT2D eigenvalue weighted by molar-refractivity contribution is 5.89. The first-order chi connectivity index (χ1) is 11.0. The Morgan fingerprint density at radius 2 is 2.04 bits per heavy atom. The number of carbonyl (C=O) groups excluding carboxylic acids is 1. The zero-order valence-corrected chi connectivity index (χ0v) is 13.1. The Morgan fingerprint density at radius 3 is 2.65 bits per heavy atom. The number of aryl methyl sites for hydroxylation is 2. The summed E-state index contributed by atoms with van der Waals surface area (Å²) in [6, 6.07) is 1.28. The average Bonchev–Trinajstić information content (AvgIpc) is 3.04. The summed E-state index contributed by atoms with van der Waals surface area (Å²) in [6.45, 7) is 3.82. The van der Waals surface area contributed by atoms with Crippen molar-refractivity contribution in [3.63, 3.8) is 0 Å². The molecule has 3 aromatic rings. The average molecular weight is 311 g/mol. The van der Waals surface area contributed by atoms with Gasteiger partial charge in [-0.15, -0.1) is 0 Å². The molecule has 3 heterocycles. The fourth-order valence-corrected chi connectivity index (χ4v) is 2.42. The molecule has 3 N–H and O–H groups in total. The number of carbonyl (C=O) groups is 1. The van der Waals surface area contributed by atoms with Crippen LogP contribution < -0.4 is 11.1 Å². The van der Waals surface area contributed by atoms with Crippen LogP contribution in [0.15, 0.2) is 30.9 Å². The molecule has 0 aliphatic heterocycles. The maximum atomic E-state index is 11.4. The normalized spacial score (nSPS) is 10.7. The third-order valence-electron chi connectivity index (χ3n) is 3.45. The van der Waals surface area contributed by atoms with Gasteiger partial charge in [0.15, 0.2) is 0 Å². The number of rotatable bonds is 3. The number of nitrogens with zero attached hydrogens (tertiary/aromatic N) is 5. The summed E-state index contributed by atoms with van der Waals surface area (Å²) in [5, 5.41) is 11.4. The molecule has 3 aromatic heterocycles. The standard InChI is InChI=1S/C15H17N7O/c1-9-4-12(7-17-5-9)22-14(19-15(16)23)10(2)13(20-22)11-6-18-21(3)8-11/h4-8H,1-3H3,(H3,16,19,23). The minimum atomic E-state index is -0.646. The van der Waals surface area contributed by atoms with Gasteiger partial charge in [0.25, 0.3) is 0 Å². The van der Waals surface area contributed by atoms with Crippen LogP contribution in [0.25, 0.3) is 16.9 Å². The number of anilines is 1. The van der Waals surface area contributed by atoms with E-state index in [1.165, 1.54) is 0 Å². The van der Waals surface area contributed by atoms with E-state index in [0.717, 1.165) is 28.1 Å². The first kappa shape index (κ1) is 14.8. The molecular weight excluding hydrogens is 294 g/mol. The Bertz CT molecular complexity index is 878. The van der Waals surface area contributed by atoms with Crippen molar-refractivity contribution in [2.75, 3.05) is 5.32 Å². The van der Waals surface area contributed by atoms with Crippen molar-refractivity contribution >= 4 is 11.8 Å². The number of nitrogens with two attached hydrogens (primary N) is 1. The number of urea groups is 1. The van der Waals surface area contributed by atoms with E-state index in [0.29, 0.717) is 5.82 Å². The van der Waals surface area contributed by atoms with Crippen LogP contribution in [0.1, 0.15) is 11.1 Å². The highest BCUT2D eigenvalue weighted by atomic mass is 16.2. The van der Waals surface area contributed by atoms with Crippen LogP contribution in [-0.4, -0.2) is 30.6 Å². The Hall–Kier alpha value is -3.16. The molecule has 0 bridgehead atoms. The fraction of sp³-hybridized carbons (Fsp3) is 0.200. The lowest BCUT2D eigenvalue weighted by Crippen LogP contribution is -2.22. The topological polar surface area (TPSA) is 104 Å². The summed E-state index contributed by atoms with van der Waals surface area (Å²) >= 11 is 0. The van der Waals surface area contributed by atoms with E-state index >= 15 is 0 Å². The summed E-state index contributed by atoms with van der Waals surface area (Å²) in [6.07, 6.45) is 7.02. The van der Waals surface area contributed by atoms with Gasteiger partial charge in [0.2, 0.25) is 0 Å². The van der Waals surface area contributed by atoms with Crippen molar-refractivity contribution in [2.45, 2.75) is 13.8 Å². The Balaban J connectivity index is 2.19. The predicted octanol–water partition coefficient (Wildman–Crippen LogP) is 1.78. The van der Waals surface area contributed by atoms with E-state index < -0.39 is 6.03 Å². The molecule has 8 heteroatoms. The second-order valence-electron chi connectivity index (χ2n) is 5.35. The van der Waals surface area contributed by atoms with Gasteiger partial charge < -0.3 is 5.73 Å². The number of primary amides is 1. The number of nitrogens with one attached hydrogen (secondary N) is 1. The Labute approximate surface area is 132 Å². The number of aromatic nitrogens is 5. The minimum absolute atomic E-state index is 0.517. The van der Waals surface area contributed by atoms with E-state index in [1.54, 1.807) is 28.0 Å². The van der Waals surface area contributed by atoms with Crippen LogP contribution in [0.2, 0.25) is 0 Å². The van der Waals surface area contributed by atoms with Crippen LogP contribution in [0, 0.1) is 13.8 Å². The lowest BCUT2D eigenvalue weighted by atomic mass is 10.1. The molecule has 0 aliphatic rings. The first-order valence-electron chi connectivity index (χ1n) is 7.03. The van der Waals surface area contributed by atoms with Gasteiger partial charge >= 0.3 is 6.03 Å². The van der Waals surface area contributed by atoms with Crippen molar-refractivity contribution in [1.29, 1.82) is 0 Å². The van der Waals surface area contributed by atoms with Crippen molar-refractivity contribution in [3.8, 4) is 16.9 Å². The summed E-state index contributed by atoms with van der Waals surface area (Å²) in [5.74, 6) is 0.517. The van der Waals surface area contributed by atoms with Gasteiger partial charge in [0.1, 0.15) is 11.5 Å². The smallest absolute Gasteiger partial charge is 0.317 e. The van der Waals surface area contributed by atoms with Gasteiger partial charge in [-0.25, -0.2) is 9.48 Å². The van der Waals surface area contributed by atoms with E-state index in [9.17, 15) is 4.79 Å². The van der Waals surface area contributed by atoms with E-state index in [4.69, 9.17) is 5.73 Å². The van der Waals surface area contributed by atoms with Gasteiger partial charge in [-0.3, -0.25) is 15.0 Å². The number of pyridine rings is 1. The zero-order chi connectivity index (χ0) is 16.6. The van der Waals surface area contributed by atoms with Gasteiger partial charge in [-0.1, -0.05) is 0 Å². The monoisotopic (exact) mass is 311 g/mol. The fourth-order valence-electron chi connectivity index (χ4n) is 2.42. The maximum Gasteiger partial charge on any atom is 0.317 e. The first-order valence-corrected chi connectivity index (χ1v) is 7.03. The lowest BCUT2D eigenvalue weighted by Gasteiger charge is -2.08. The molecule has 0 fully saturated rings.